The lowest BCUT2D eigenvalue weighted by atomic mass is 10.0. The first-order valence-corrected chi connectivity index (χ1v) is 4.95. The van der Waals surface area contributed by atoms with Crippen LogP contribution in [0.25, 0.3) is 0 Å². The molecule has 1 unspecified atom stereocenters. The molecule has 2 aliphatic rings. The first kappa shape index (κ1) is 12.1. The van der Waals surface area contributed by atoms with Gasteiger partial charge >= 0.3 is 6.18 Å². The zero-order valence-electron chi connectivity index (χ0n) is 8.82. The minimum absolute atomic E-state index is 0.0132. The van der Waals surface area contributed by atoms with Gasteiger partial charge in [-0.25, -0.2) is 0 Å². The van der Waals surface area contributed by atoms with Crippen LogP contribution in [0.1, 0.15) is 20.3 Å². The maximum absolute atomic E-state index is 12.6. The molecule has 0 aromatic carbocycles. The molecule has 7 heteroatoms. The Labute approximate surface area is 90.3 Å². The summed E-state index contributed by atoms with van der Waals surface area (Å²) in [5, 5.41) is 9.20. The highest BCUT2D eigenvalue weighted by Gasteiger charge is 2.58. The minimum Gasteiger partial charge on any atom is -0.368 e. The Morgan fingerprint density at radius 2 is 1.88 bits per heavy atom. The van der Waals surface area contributed by atoms with Gasteiger partial charge in [0.15, 0.2) is 18.2 Å². The average Bonchev–Trinajstić information content (AvgIpc) is 2.35. The molecule has 0 amide bonds. The first-order chi connectivity index (χ1) is 7.19. The van der Waals surface area contributed by atoms with Crippen LogP contribution in [0, 0.1) is 0 Å². The van der Waals surface area contributed by atoms with E-state index in [-0.39, 0.29) is 6.42 Å². The molecule has 16 heavy (non-hydrogen) atoms. The van der Waals surface area contributed by atoms with Crippen LogP contribution in [-0.2, 0) is 14.2 Å². The quantitative estimate of drug-likeness (QED) is 0.692. The Morgan fingerprint density at radius 1 is 1.25 bits per heavy atom. The van der Waals surface area contributed by atoms with Crippen molar-refractivity contribution >= 4 is 0 Å². The second-order valence-corrected chi connectivity index (χ2v) is 4.43. The fraction of sp³-hybridized carbons (Fsp3) is 1.00. The smallest absolute Gasteiger partial charge is 0.368 e. The zero-order chi connectivity index (χ0) is 12.1. The van der Waals surface area contributed by atoms with Gasteiger partial charge in [0.05, 0.1) is 6.10 Å². The summed E-state index contributed by atoms with van der Waals surface area (Å²) in [6.45, 7) is 3.07. The van der Waals surface area contributed by atoms with E-state index in [0.717, 1.165) is 0 Å². The predicted molar refractivity (Wildman–Crippen MR) is 45.4 cm³/mol. The molecule has 4 atom stereocenters. The molecule has 1 N–H and O–H groups in total. The molecule has 2 fully saturated rings. The van der Waals surface area contributed by atoms with Gasteiger partial charge in [-0.2, -0.15) is 13.2 Å². The van der Waals surface area contributed by atoms with Gasteiger partial charge in [0.25, 0.3) is 0 Å². The van der Waals surface area contributed by atoms with E-state index >= 15 is 0 Å². The Bertz CT molecular complexity index is 278. The van der Waals surface area contributed by atoms with Crippen molar-refractivity contribution in [1.82, 2.24) is 0 Å². The molecule has 0 aromatic heterocycles. The molecule has 0 saturated carbocycles. The number of aliphatic hydroxyl groups is 1. The summed E-state index contributed by atoms with van der Waals surface area (Å²) in [5.74, 6) is -1.08. The fourth-order valence-corrected chi connectivity index (χ4v) is 2.07. The van der Waals surface area contributed by atoms with Crippen LogP contribution in [0.4, 0.5) is 13.2 Å². The lowest BCUT2D eigenvalue weighted by molar-refractivity contribution is -0.308. The molecule has 0 aromatic rings. The second-order valence-electron chi connectivity index (χ2n) is 4.43. The number of halogens is 3. The fourth-order valence-electron chi connectivity index (χ4n) is 2.07. The maximum atomic E-state index is 12.6. The SMILES string of the molecule is CC1(C)O[C@H]2[C@H](CC(O)O[C@H]2C(F)(F)F)O1. The number of rotatable bonds is 0. The van der Waals surface area contributed by atoms with E-state index in [9.17, 15) is 18.3 Å². The average molecular weight is 242 g/mol. The van der Waals surface area contributed by atoms with Crippen LogP contribution < -0.4 is 0 Å². The van der Waals surface area contributed by atoms with Crippen LogP contribution in [0.5, 0.6) is 0 Å². The lowest BCUT2D eigenvalue weighted by Gasteiger charge is -2.35. The van der Waals surface area contributed by atoms with Crippen molar-refractivity contribution in [3.8, 4) is 0 Å². The van der Waals surface area contributed by atoms with Crippen molar-refractivity contribution in [3.05, 3.63) is 0 Å². The molecule has 4 nitrogen and oxygen atoms in total. The van der Waals surface area contributed by atoms with E-state index < -0.39 is 36.6 Å². The minimum atomic E-state index is -4.58. The van der Waals surface area contributed by atoms with Gasteiger partial charge in [-0.1, -0.05) is 0 Å². The monoisotopic (exact) mass is 242 g/mol. The normalized spacial score (nSPS) is 43.1. The van der Waals surface area contributed by atoms with Crippen LogP contribution >= 0.6 is 0 Å². The van der Waals surface area contributed by atoms with Gasteiger partial charge in [-0.3, -0.25) is 0 Å². The third kappa shape index (κ3) is 2.17. The van der Waals surface area contributed by atoms with Gasteiger partial charge in [0.2, 0.25) is 0 Å². The summed E-state index contributed by atoms with van der Waals surface area (Å²) in [7, 11) is 0. The molecule has 0 spiro atoms. The summed E-state index contributed by atoms with van der Waals surface area (Å²) >= 11 is 0. The first-order valence-electron chi connectivity index (χ1n) is 4.95. The van der Waals surface area contributed by atoms with E-state index in [0.29, 0.717) is 0 Å². The molecule has 94 valence electrons. The van der Waals surface area contributed by atoms with Crippen molar-refractivity contribution in [3.63, 3.8) is 0 Å². The summed E-state index contributed by atoms with van der Waals surface area (Å²) in [5.41, 5.74) is 0. The maximum Gasteiger partial charge on any atom is 0.417 e. The Hall–Kier alpha value is -0.370. The van der Waals surface area contributed by atoms with Gasteiger partial charge in [-0.15, -0.1) is 0 Å². The number of hydrogen-bond acceptors (Lipinski definition) is 4. The number of ether oxygens (including phenoxy) is 3. The summed E-state index contributed by atoms with van der Waals surface area (Å²) in [4.78, 5) is 0. The predicted octanol–water partition coefficient (Wildman–Crippen LogP) is 1.18. The van der Waals surface area contributed by atoms with Crippen molar-refractivity contribution in [1.29, 1.82) is 0 Å². The van der Waals surface area contributed by atoms with E-state index in [1.165, 1.54) is 13.8 Å². The van der Waals surface area contributed by atoms with E-state index in [1.807, 2.05) is 0 Å². The van der Waals surface area contributed by atoms with Crippen LogP contribution in [0.15, 0.2) is 0 Å². The zero-order valence-corrected chi connectivity index (χ0v) is 8.82. The summed E-state index contributed by atoms with van der Waals surface area (Å²) in [6.07, 6.45) is -10.2. The second kappa shape index (κ2) is 3.56. The van der Waals surface area contributed by atoms with Gasteiger partial charge in [0, 0.05) is 6.42 Å². The summed E-state index contributed by atoms with van der Waals surface area (Å²) in [6, 6.07) is 0. The number of aliphatic hydroxyl groups excluding tert-OH is 1. The molecule has 0 radical (unpaired) electrons. The molecule has 2 rings (SSSR count). The third-order valence-electron chi connectivity index (χ3n) is 2.58. The number of hydrogen-bond donors (Lipinski definition) is 1. The molecular formula is C9H13F3O4. The van der Waals surface area contributed by atoms with Crippen molar-refractivity contribution in [2.24, 2.45) is 0 Å². The van der Waals surface area contributed by atoms with Crippen molar-refractivity contribution in [2.45, 2.75) is 56.8 Å². The Morgan fingerprint density at radius 3 is 2.44 bits per heavy atom. The Kier molecular flexibility index (Phi) is 2.69. The van der Waals surface area contributed by atoms with E-state index in [2.05, 4.69) is 4.74 Å². The molecular weight excluding hydrogens is 229 g/mol. The highest BCUT2D eigenvalue weighted by Crippen LogP contribution is 2.41. The molecule has 2 aliphatic heterocycles. The molecule has 2 heterocycles. The van der Waals surface area contributed by atoms with Crippen molar-refractivity contribution in [2.75, 3.05) is 0 Å². The van der Waals surface area contributed by atoms with Gasteiger partial charge < -0.3 is 19.3 Å². The molecule has 2 saturated heterocycles. The highest BCUT2D eigenvalue weighted by molar-refractivity contribution is 4.94. The van der Waals surface area contributed by atoms with Crippen LogP contribution in [0.2, 0.25) is 0 Å². The molecule has 0 aliphatic carbocycles. The largest absolute Gasteiger partial charge is 0.417 e. The highest BCUT2D eigenvalue weighted by atomic mass is 19.4. The van der Waals surface area contributed by atoms with Gasteiger partial charge in [-0.05, 0) is 13.8 Å². The summed E-state index contributed by atoms with van der Waals surface area (Å²) < 4.78 is 52.8. The topological polar surface area (TPSA) is 47.9 Å². The van der Waals surface area contributed by atoms with Crippen molar-refractivity contribution < 1.29 is 32.5 Å². The standard InChI is InChI=1S/C9H13F3O4/c1-8(2)15-4-3-5(13)14-7(6(4)16-8)9(10,11)12/h4-7,13H,3H2,1-2H3/t4-,5?,6-,7+/m0/s1. The van der Waals surface area contributed by atoms with Gasteiger partial charge in [0.1, 0.15) is 6.10 Å². The lowest BCUT2D eigenvalue weighted by Crippen LogP contribution is -2.53. The molecule has 0 bridgehead atoms. The van der Waals surface area contributed by atoms with Crippen LogP contribution in [0.3, 0.4) is 0 Å². The number of alkyl halides is 3. The van der Waals surface area contributed by atoms with Crippen LogP contribution in [-0.4, -0.2) is 41.7 Å². The Balaban J connectivity index is 2.20. The van der Waals surface area contributed by atoms with E-state index in [4.69, 9.17) is 9.47 Å². The van der Waals surface area contributed by atoms with E-state index in [1.54, 1.807) is 0 Å². The number of fused-ring (bicyclic) bond motifs is 1. The third-order valence-corrected chi connectivity index (χ3v) is 2.58.